The van der Waals surface area contributed by atoms with E-state index >= 15 is 0 Å². The van der Waals surface area contributed by atoms with Crippen molar-refractivity contribution in [2.75, 3.05) is 6.61 Å². The third kappa shape index (κ3) is 3.84. The Labute approximate surface area is 164 Å². The summed E-state index contributed by atoms with van der Waals surface area (Å²) in [5.74, 6) is 0. The predicted molar refractivity (Wildman–Crippen MR) is 106 cm³/mol. The lowest BCUT2D eigenvalue weighted by Gasteiger charge is -2.39. The highest BCUT2D eigenvalue weighted by Crippen LogP contribution is 2.44. The van der Waals surface area contributed by atoms with E-state index in [0.717, 1.165) is 15.6 Å². The molecule has 7 heteroatoms. The number of carbonyl (C=O) groups excluding carboxylic acids is 1. The largest absolute Gasteiger partial charge is 0.444 e. The van der Waals surface area contributed by atoms with Crippen LogP contribution < -0.4 is 0 Å². The minimum atomic E-state index is -0.799. The molecule has 1 aliphatic rings. The van der Waals surface area contributed by atoms with E-state index in [9.17, 15) is 4.79 Å². The number of aromatic nitrogens is 2. The van der Waals surface area contributed by atoms with E-state index in [1.165, 1.54) is 16.9 Å². The minimum Gasteiger partial charge on any atom is -0.444 e. The molecule has 1 aliphatic heterocycles. The number of amides is 1. The molecule has 1 aromatic carbocycles. The number of aryl methyl sites for hydroxylation is 1. The summed E-state index contributed by atoms with van der Waals surface area (Å²) in [4.78, 5) is 14.6. The van der Waals surface area contributed by atoms with Crippen LogP contribution in [0.25, 0.3) is 10.6 Å². The Balaban J connectivity index is 1.96. The molecule has 146 valence electrons. The van der Waals surface area contributed by atoms with Crippen molar-refractivity contribution < 1.29 is 14.3 Å². The Morgan fingerprint density at radius 3 is 2.41 bits per heavy atom. The van der Waals surface area contributed by atoms with Crippen LogP contribution in [0.3, 0.4) is 0 Å². The van der Waals surface area contributed by atoms with Gasteiger partial charge < -0.3 is 9.47 Å². The van der Waals surface area contributed by atoms with Crippen molar-refractivity contribution in [3.63, 3.8) is 0 Å². The van der Waals surface area contributed by atoms with Crippen molar-refractivity contribution in [3.8, 4) is 10.6 Å². The molecular weight excluding hydrogens is 362 g/mol. The lowest BCUT2D eigenvalue weighted by molar-refractivity contribution is -0.0685. The van der Waals surface area contributed by atoms with E-state index in [2.05, 4.69) is 10.2 Å². The summed E-state index contributed by atoms with van der Waals surface area (Å²) in [7, 11) is 0. The molecule has 1 saturated heterocycles. The summed E-state index contributed by atoms with van der Waals surface area (Å²) < 4.78 is 11.6. The molecule has 0 N–H and O–H groups in total. The Kier molecular flexibility index (Phi) is 4.80. The zero-order chi connectivity index (χ0) is 20.0. The second-order valence-electron chi connectivity index (χ2n) is 8.60. The van der Waals surface area contributed by atoms with E-state index in [0.29, 0.717) is 6.61 Å². The summed E-state index contributed by atoms with van der Waals surface area (Å²) in [6.07, 6.45) is -0.417. The number of rotatable bonds is 2. The number of carbonyl (C=O) groups is 1. The van der Waals surface area contributed by atoms with Gasteiger partial charge in [0.15, 0.2) is 0 Å². The van der Waals surface area contributed by atoms with Crippen LogP contribution in [0.2, 0.25) is 0 Å². The van der Waals surface area contributed by atoms with Gasteiger partial charge in [-0.3, -0.25) is 4.90 Å². The smallest absolute Gasteiger partial charge is 0.413 e. The lowest BCUT2D eigenvalue weighted by atomic mass is 10.0. The summed E-state index contributed by atoms with van der Waals surface area (Å²) in [6, 6.07) is 8.16. The molecule has 1 amide bonds. The van der Waals surface area contributed by atoms with Crippen LogP contribution in [-0.2, 0) is 15.0 Å². The van der Waals surface area contributed by atoms with Gasteiger partial charge in [-0.15, -0.1) is 10.2 Å². The van der Waals surface area contributed by atoms with Gasteiger partial charge in [0.1, 0.15) is 26.9 Å². The molecule has 6 nitrogen and oxygen atoms in total. The molecule has 0 radical (unpaired) electrons. The number of hydrogen-bond acceptors (Lipinski definition) is 6. The lowest BCUT2D eigenvalue weighted by Crippen LogP contribution is -2.54. The maximum atomic E-state index is 13.0. The van der Waals surface area contributed by atoms with Crippen molar-refractivity contribution >= 4 is 17.4 Å². The molecule has 0 aliphatic carbocycles. The van der Waals surface area contributed by atoms with Crippen LogP contribution in [0.15, 0.2) is 24.3 Å². The van der Waals surface area contributed by atoms with Crippen molar-refractivity contribution in [1.29, 1.82) is 0 Å². The first-order valence-corrected chi connectivity index (χ1v) is 9.82. The Morgan fingerprint density at radius 2 is 1.81 bits per heavy atom. The third-order valence-corrected chi connectivity index (χ3v) is 5.72. The fourth-order valence-electron chi connectivity index (χ4n) is 3.18. The van der Waals surface area contributed by atoms with Gasteiger partial charge in [-0.1, -0.05) is 41.2 Å². The standard InChI is InChI=1S/C20H27N3O3S/c1-13-8-10-14(11-9-13)15-21-22-16(27-15)20(7)12-25-19(5,6)23(20)17(24)26-18(2,3)4/h8-11H,12H2,1-7H3/t20-/m0/s1. The molecular formula is C20H27N3O3S. The number of hydrogen-bond donors (Lipinski definition) is 0. The van der Waals surface area contributed by atoms with Crippen molar-refractivity contribution in [3.05, 3.63) is 34.8 Å². The van der Waals surface area contributed by atoms with Crippen LogP contribution >= 0.6 is 11.3 Å². The van der Waals surface area contributed by atoms with E-state index in [-0.39, 0.29) is 0 Å². The van der Waals surface area contributed by atoms with Gasteiger partial charge in [0, 0.05) is 5.56 Å². The average molecular weight is 390 g/mol. The Hall–Kier alpha value is -1.99. The van der Waals surface area contributed by atoms with Gasteiger partial charge in [-0.25, -0.2) is 4.79 Å². The summed E-state index contributed by atoms with van der Waals surface area (Å²) >= 11 is 1.48. The highest BCUT2D eigenvalue weighted by Gasteiger charge is 2.55. The number of ether oxygens (including phenoxy) is 2. The number of benzene rings is 1. The molecule has 0 saturated carbocycles. The first-order valence-electron chi connectivity index (χ1n) is 9.01. The van der Waals surface area contributed by atoms with Gasteiger partial charge in [-0.2, -0.15) is 0 Å². The average Bonchev–Trinajstić information content (AvgIpc) is 3.10. The topological polar surface area (TPSA) is 64.6 Å². The van der Waals surface area contributed by atoms with Crippen molar-refractivity contribution in [1.82, 2.24) is 15.1 Å². The highest BCUT2D eigenvalue weighted by molar-refractivity contribution is 7.14. The molecule has 27 heavy (non-hydrogen) atoms. The normalized spacial score (nSPS) is 22.1. The highest BCUT2D eigenvalue weighted by atomic mass is 32.1. The zero-order valence-electron chi connectivity index (χ0n) is 17.0. The molecule has 0 bridgehead atoms. The molecule has 1 atom stereocenters. The number of nitrogens with zero attached hydrogens (tertiary/aromatic N) is 3. The Morgan fingerprint density at radius 1 is 1.19 bits per heavy atom. The molecule has 0 unspecified atom stereocenters. The minimum absolute atomic E-state index is 0.335. The van der Waals surface area contributed by atoms with Gasteiger partial charge in [0.05, 0.1) is 6.61 Å². The molecule has 2 aromatic rings. The van der Waals surface area contributed by atoms with Gasteiger partial charge in [0.25, 0.3) is 0 Å². The maximum absolute atomic E-state index is 13.0. The second-order valence-corrected chi connectivity index (χ2v) is 9.58. The van der Waals surface area contributed by atoms with Crippen molar-refractivity contribution in [2.45, 2.75) is 65.3 Å². The summed E-state index contributed by atoms with van der Waals surface area (Å²) in [5.41, 5.74) is 0.0665. The fourth-order valence-corrected chi connectivity index (χ4v) is 4.15. The quantitative estimate of drug-likeness (QED) is 0.743. The van der Waals surface area contributed by atoms with Gasteiger partial charge in [0.2, 0.25) is 0 Å². The van der Waals surface area contributed by atoms with Crippen LogP contribution in [0.4, 0.5) is 4.79 Å². The van der Waals surface area contributed by atoms with E-state index in [1.54, 1.807) is 4.90 Å². The van der Waals surface area contributed by atoms with Crippen LogP contribution in [0.5, 0.6) is 0 Å². The van der Waals surface area contributed by atoms with Gasteiger partial charge >= 0.3 is 6.09 Å². The first-order chi connectivity index (χ1) is 12.4. The monoisotopic (exact) mass is 389 g/mol. The van der Waals surface area contributed by atoms with E-state index in [1.807, 2.05) is 72.7 Å². The maximum Gasteiger partial charge on any atom is 0.413 e. The summed E-state index contributed by atoms with van der Waals surface area (Å²) in [5, 5.41) is 10.3. The van der Waals surface area contributed by atoms with E-state index < -0.39 is 23.0 Å². The molecule has 0 spiro atoms. The predicted octanol–water partition coefficient (Wildman–Crippen LogP) is 4.73. The van der Waals surface area contributed by atoms with Crippen LogP contribution in [0.1, 0.15) is 52.1 Å². The van der Waals surface area contributed by atoms with E-state index in [4.69, 9.17) is 9.47 Å². The van der Waals surface area contributed by atoms with Crippen LogP contribution in [-0.4, -0.2) is 39.1 Å². The SMILES string of the molecule is Cc1ccc(-c2nnc([C@]3(C)COC(C)(C)N3C(=O)OC(C)(C)C)s2)cc1. The van der Waals surface area contributed by atoms with Gasteiger partial charge in [-0.05, 0) is 48.5 Å². The fraction of sp³-hybridized carbons (Fsp3) is 0.550. The third-order valence-electron chi connectivity index (χ3n) is 4.50. The Bertz CT molecular complexity index is 839. The summed E-state index contributed by atoms with van der Waals surface area (Å²) in [6.45, 7) is 13.6. The molecule has 1 fully saturated rings. The van der Waals surface area contributed by atoms with Crippen LogP contribution in [0, 0.1) is 6.92 Å². The van der Waals surface area contributed by atoms with Crippen molar-refractivity contribution in [2.24, 2.45) is 0 Å². The first kappa shape index (κ1) is 19.8. The molecule has 3 rings (SSSR count). The molecule has 2 heterocycles. The molecule has 1 aromatic heterocycles. The second kappa shape index (κ2) is 6.56. The zero-order valence-corrected chi connectivity index (χ0v) is 17.8.